The van der Waals surface area contributed by atoms with Gasteiger partial charge < -0.3 is 19.7 Å². The van der Waals surface area contributed by atoms with Crippen LogP contribution in [0.15, 0.2) is 28.0 Å². The number of rotatable bonds is 3. The highest BCUT2D eigenvalue weighted by Crippen LogP contribution is 2.57. The van der Waals surface area contributed by atoms with E-state index in [1.54, 1.807) is 0 Å². The highest BCUT2D eigenvalue weighted by Gasteiger charge is 2.54. The lowest BCUT2D eigenvalue weighted by Gasteiger charge is -2.29. The van der Waals surface area contributed by atoms with Crippen LogP contribution in [-0.2, 0) is 9.59 Å². The molecular weight excluding hydrogens is 272 g/mol. The average molecular weight is 289 g/mol. The number of carboxylic acid groups (broad SMARTS) is 1. The summed E-state index contributed by atoms with van der Waals surface area (Å²) >= 11 is 0. The van der Waals surface area contributed by atoms with Gasteiger partial charge in [-0.15, -0.1) is 0 Å². The third-order valence-electron chi connectivity index (χ3n) is 4.68. The second kappa shape index (κ2) is 5.02. The molecule has 2 bridgehead atoms. The Bertz CT molecular complexity index is 601. The molecule has 3 rings (SSSR count). The first kappa shape index (κ1) is 13.9. The van der Waals surface area contributed by atoms with Crippen molar-refractivity contribution in [3.05, 3.63) is 23.5 Å². The lowest BCUT2D eigenvalue weighted by molar-refractivity contribution is -0.314. The van der Waals surface area contributed by atoms with Gasteiger partial charge >= 0.3 is 0 Å². The summed E-state index contributed by atoms with van der Waals surface area (Å²) in [5.74, 6) is -2.56. The molecule has 1 heterocycles. The first-order valence-electron chi connectivity index (χ1n) is 7.10. The Labute approximate surface area is 122 Å². The van der Waals surface area contributed by atoms with Crippen molar-refractivity contribution < 1.29 is 19.2 Å². The Morgan fingerprint density at radius 3 is 2.48 bits per heavy atom. The number of anilines is 1. The van der Waals surface area contributed by atoms with Gasteiger partial charge in [0.25, 0.3) is 0 Å². The maximum absolute atomic E-state index is 12.5. The van der Waals surface area contributed by atoms with Crippen molar-refractivity contribution in [3.8, 4) is 0 Å². The Hall–Kier alpha value is -2.11. The van der Waals surface area contributed by atoms with Crippen molar-refractivity contribution in [1.29, 1.82) is 0 Å². The molecule has 2 aliphatic carbocycles. The van der Waals surface area contributed by atoms with Crippen LogP contribution in [0.5, 0.6) is 0 Å². The van der Waals surface area contributed by atoms with Crippen molar-refractivity contribution in [2.24, 2.45) is 23.7 Å². The zero-order valence-corrected chi connectivity index (χ0v) is 12.0. The maximum Gasteiger partial charge on any atom is 0.230 e. The molecule has 6 nitrogen and oxygen atoms in total. The predicted molar refractivity (Wildman–Crippen MR) is 71.7 cm³/mol. The largest absolute Gasteiger partial charge is 0.550 e. The third kappa shape index (κ3) is 2.14. The molecule has 0 aliphatic heterocycles. The molecule has 112 valence electrons. The van der Waals surface area contributed by atoms with Gasteiger partial charge in [-0.2, -0.15) is 0 Å². The van der Waals surface area contributed by atoms with E-state index in [-0.39, 0.29) is 17.7 Å². The van der Waals surface area contributed by atoms with E-state index in [4.69, 9.17) is 0 Å². The first-order chi connectivity index (χ1) is 10.0. The molecule has 0 aromatic carbocycles. The Balaban J connectivity index is 1.91. The van der Waals surface area contributed by atoms with Crippen LogP contribution in [-0.4, -0.2) is 17.0 Å². The van der Waals surface area contributed by atoms with E-state index in [0.717, 1.165) is 24.0 Å². The number of hydrogen-bond donors (Lipinski definition) is 1. The van der Waals surface area contributed by atoms with Gasteiger partial charge in [0.05, 0.1) is 5.92 Å². The van der Waals surface area contributed by atoms with Gasteiger partial charge in [0.1, 0.15) is 6.26 Å². The van der Waals surface area contributed by atoms with E-state index >= 15 is 0 Å². The summed E-state index contributed by atoms with van der Waals surface area (Å²) in [5, 5.41) is 17.8. The summed E-state index contributed by atoms with van der Waals surface area (Å²) in [6.45, 7) is 3.95. The molecule has 2 aliphatic rings. The SMILES string of the molecule is CC(C)=C1[C@H]2CC[C@H]1[C@@H](C(=O)Nc1ccon1)[C@H]2C(=O)[O-]. The smallest absolute Gasteiger partial charge is 0.230 e. The fourth-order valence-corrected chi connectivity index (χ4v) is 4.08. The molecule has 2 saturated carbocycles. The molecule has 6 heteroatoms. The van der Waals surface area contributed by atoms with Crippen LogP contribution < -0.4 is 10.4 Å². The summed E-state index contributed by atoms with van der Waals surface area (Å²) in [7, 11) is 0. The number of amides is 1. The van der Waals surface area contributed by atoms with Gasteiger partial charge in [0, 0.05) is 18.0 Å². The minimum atomic E-state index is -1.14. The molecule has 1 aromatic heterocycles. The predicted octanol–water partition coefficient (Wildman–Crippen LogP) is 0.972. The van der Waals surface area contributed by atoms with Gasteiger partial charge in [-0.05, 0) is 38.5 Å². The van der Waals surface area contributed by atoms with Crippen molar-refractivity contribution in [2.45, 2.75) is 26.7 Å². The van der Waals surface area contributed by atoms with E-state index in [1.165, 1.54) is 12.3 Å². The van der Waals surface area contributed by atoms with Crippen LogP contribution in [0.4, 0.5) is 5.82 Å². The van der Waals surface area contributed by atoms with Crippen LogP contribution in [0.3, 0.4) is 0 Å². The fraction of sp³-hybridized carbons (Fsp3) is 0.533. The van der Waals surface area contributed by atoms with Crippen molar-refractivity contribution in [1.82, 2.24) is 5.16 Å². The number of nitrogens with one attached hydrogen (secondary N) is 1. The number of carboxylic acids is 1. The molecule has 0 unspecified atom stereocenters. The number of allylic oxidation sites excluding steroid dienone is 2. The van der Waals surface area contributed by atoms with Gasteiger partial charge in [-0.1, -0.05) is 16.3 Å². The quantitative estimate of drug-likeness (QED) is 0.837. The van der Waals surface area contributed by atoms with E-state index in [1.807, 2.05) is 13.8 Å². The zero-order chi connectivity index (χ0) is 15.1. The number of aromatic nitrogens is 1. The standard InChI is InChI=1S/C15H18N2O4/c1-7(2)11-8-3-4-9(11)13(15(19)20)12(8)14(18)16-10-5-6-21-17-10/h5-6,8-9,12-13H,3-4H2,1-2H3,(H,19,20)(H,16,17,18)/p-1/t8-,9-,12-,13+/m1/s1. The fourth-order valence-electron chi connectivity index (χ4n) is 4.08. The van der Waals surface area contributed by atoms with Crippen LogP contribution in [0, 0.1) is 23.7 Å². The number of fused-ring (bicyclic) bond motifs is 2. The van der Waals surface area contributed by atoms with E-state index in [2.05, 4.69) is 15.0 Å². The monoisotopic (exact) mass is 289 g/mol. The lowest BCUT2D eigenvalue weighted by Crippen LogP contribution is -2.44. The van der Waals surface area contributed by atoms with E-state index in [0.29, 0.717) is 5.82 Å². The zero-order valence-electron chi connectivity index (χ0n) is 12.0. The Morgan fingerprint density at radius 1 is 1.29 bits per heavy atom. The molecule has 21 heavy (non-hydrogen) atoms. The topological polar surface area (TPSA) is 95.3 Å². The molecule has 1 amide bonds. The van der Waals surface area contributed by atoms with Crippen LogP contribution in [0.25, 0.3) is 0 Å². The van der Waals surface area contributed by atoms with Crippen LogP contribution in [0.1, 0.15) is 26.7 Å². The van der Waals surface area contributed by atoms with Crippen LogP contribution >= 0.6 is 0 Å². The minimum Gasteiger partial charge on any atom is -0.550 e. The number of aliphatic carboxylic acids is 1. The number of nitrogens with zero attached hydrogens (tertiary/aromatic N) is 1. The molecular formula is C15H17N2O4-. The summed E-state index contributed by atoms with van der Waals surface area (Å²) < 4.78 is 4.67. The number of carbonyl (C=O) groups is 2. The average Bonchev–Trinajstić information content (AvgIpc) is 3.11. The van der Waals surface area contributed by atoms with E-state index in [9.17, 15) is 14.7 Å². The molecule has 0 saturated heterocycles. The van der Waals surface area contributed by atoms with Crippen molar-refractivity contribution >= 4 is 17.7 Å². The first-order valence-corrected chi connectivity index (χ1v) is 7.10. The molecule has 0 spiro atoms. The number of carbonyl (C=O) groups excluding carboxylic acids is 2. The highest BCUT2D eigenvalue weighted by atomic mass is 16.5. The molecule has 2 fully saturated rings. The molecule has 1 aromatic rings. The summed E-state index contributed by atoms with van der Waals surface area (Å²) in [5.41, 5.74) is 2.25. The van der Waals surface area contributed by atoms with Gasteiger partial charge in [-0.25, -0.2) is 0 Å². The maximum atomic E-state index is 12.5. The Kier molecular flexibility index (Phi) is 3.31. The Morgan fingerprint density at radius 2 is 1.95 bits per heavy atom. The second-order valence-corrected chi connectivity index (χ2v) is 5.99. The van der Waals surface area contributed by atoms with Crippen molar-refractivity contribution in [2.75, 3.05) is 5.32 Å². The van der Waals surface area contributed by atoms with Gasteiger partial charge in [-0.3, -0.25) is 4.79 Å². The molecule has 0 radical (unpaired) electrons. The summed E-state index contributed by atoms with van der Waals surface area (Å²) in [6.07, 6.45) is 3.03. The minimum absolute atomic E-state index is 0.00481. The normalized spacial score (nSPS) is 30.5. The van der Waals surface area contributed by atoms with Gasteiger partial charge in [0.15, 0.2) is 5.82 Å². The lowest BCUT2D eigenvalue weighted by atomic mass is 9.79. The number of hydrogen-bond acceptors (Lipinski definition) is 5. The van der Waals surface area contributed by atoms with Gasteiger partial charge in [0.2, 0.25) is 5.91 Å². The molecule has 4 atom stereocenters. The van der Waals surface area contributed by atoms with Crippen LogP contribution in [0.2, 0.25) is 0 Å². The summed E-state index contributed by atoms with van der Waals surface area (Å²) in [4.78, 5) is 24.0. The van der Waals surface area contributed by atoms with E-state index < -0.39 is 17.8 Å². The second-order valence-electron chi connectivity index (χ2n) is 5.99. The third-order valence-corrected chi connectivity index (χ3v) is 4.68. The van der Waals surface area contributed by atoms with Crippen molar-refractivity contribution in [3.63, 3.8) is 0 Å². The summed E-state index contributed by atoms with van der Waals surface area (Å²) in [6, 6.07) is 1.53. The highest BCUT2D eigenvalue weighted by molar-refractivity contribution is 5.95. The molecule has 1 N–H and O–H groups in total.